The number of benzene rings is 2. The van der Waals surface area contributed by atoms with Crippen LogP contribution in [-0.4, -0.2) is 35.7 Å². The van der Waals surface area contributed by atoms with Crippen LogP contribution < -0.4 is 10.4 Å². The van der Waals surface area contributed by atoms with Crippen LogP contribution >= 0.6 is 0 Å². The molecule has 0 aromatic heterocycles. The van der Waals surface area contributed by atoms with Crippen LogP contribution in [0.3, 0.4) is 0 Å². The fraction of sp³-hybridized carbons (Fsp3) is 0.429. The van der Waals surface area contributed by atoms with E-state index in [4.69, 9.17) is 8.61 Å². The Hall–Kier alpha value is -1.47. The lowest BCUT2D eigenvalue weighted by Gasteiger charge is -2.44. The van der Waals surface area contributed by atoms with Crippen molar-refractivity contribution in [3.63, 3.8) is 0 Å². The summed E-state index contributed by atoms with van der Waals surface area (Å²) in [6.45, 7) is 8.78. The fourth-order valence-corrected chi connectivity index (χ4v) is 8.55. The number of hydrogen-bond acceptors (Lipinski definition) is 4. The van der Waals surface area contributed by atoms with Gasteiger partial charge in [0.1, 0.15) is 0 Å². The van der Waals surface area contributed by atoms with Crippen LogP contribution in [0.4, 0.5) is 0 Å². The van der Waals surface area contributed by atoms with Crippen molar-refractivity contribution in [2.24, 2.45) is 0 Å². The summed E-state index contributed by atoms with van der Waals surface area (Å²) in [6, 6.07) is 20.8. The summed E-state index contributed by atoms with van der Waals surface area (Å²) < 4.78 is 34.3. The summed E-state index contributed by atoms with van der Waals surface area (Å²) in [6.07, 6.45) is 1.44. The Morgan fingerprint density at radius 1 is 0.926 bits per heavy atom. The van der Waals surface area contributed by atoms with Crippen molar-refractivity contribution in [3.8, 4) is 0 Å². The summed E-state index contributed by atoms with van der Waals surface area (Å²) in [5.41, 5.74) is 0. The topological polar surface area (TPSA) is 52.6 Å². The third-order valence-electron chi connectivity index (χ3n) is 4.62. The van der Waals surface area contributed by atoms with E-state index < -0.39 is 18.4 Å². The Morgan fingerprint density at radius 3 is 1.74 bits per heavy atom. The minimum absolute atomic E-state index is 0.109. The number of hydrogen-bond donors (Lipinski definition) is 0. The first kappa shape index (κ1) is 21.8. The first-order chi connectivity index (χ1) is 12.6. The van der Waals surface area contributed by atoms with E-state index in [0.29, 0.717) is 6.42 Å². The molecule has 27 heavy (non-hydrogen) atoms. The average Bonchev–Trinajstić information content (AvgIpc) is 2.59. The Balaban J connectivity index is 2.43. The molecule has 0 spiro atoms. The van der Waals surface area contributed by atoms with Gasteiger partial charge in [-0.1, -0.05) is 81.4 Å². The van der Waals surface area contributed by atoms with Crippen molar-refractivity contribution in [1.29, 1.82) is 0 Å². The van der Waals surface area contributed by atoms with Gasteiger partial charge in [0.2, 0.25) is 0 Å². The molecule has 0 fully saturated rings. The smallest absolute Gasteiger partial charge is 0.264 e. The quantitative estimate of drug-likeness (QED) is 0.498. The Kier molecular flexibility index (Phi) is 7.02. The van der Waals surface area contributed by atoms with E-state index in [9.17, 15) is 8.42 Å². The lowest BCUT2D eigenvalue weighted by molar-refractivity contribution is 0.169. The molecule has 0 aliphatic rings. The molecule has 0 amide bonds. The second-order valence-electron chi connectivity index (χ2n) is 7.91. The maximum absolute atomic E-state index is 11.2. The zero-order valence-electron chi connectivity index (χ0n) is 16.8. The largest absolute Gasteiger partial charge is 0.405 e. The molecule has 0 saturated carbocycles. The van der Waals surface area contributed by atoms with Crippen molar-refractivity contribution in [2.45, 2.75) is 45.3 Å². The first-order valence-corrected chi connectivity index (χ1v) is 12.9. The molecular formula is C21H30O4SSi. The first-order valence-electron chi connectivity index (χ1n) is 9.19. The van der Waals surface area contributed by atoms with Gasteiger partial charge in [0.15, 0.2) is 0 Å². The second-order valence-corrected chi connectivity index (χ2v) is 13.8. The van der Waals surface area contributed by atoms with Gasteiger partial charge in [-0.05, 0) is 28.8 Å². The standard InChI is InChI=1S/C21H30O4SSi/c1-18(16-17-24-26(5,22)23)25-27(21(2,3)4,19-12-8-6-9-13-19)20-14-10-7-11-15-20/h6-15,18H,16-17H2,1-5H3. The third-order valence-corrected chi connectivity index (χ3v) is 10.4. The van der Waals surface area contributed by atoms with E-state index >= 15 is 0 Å². The van der Waals surface area contributed by atoms with E-state index in [1.807, 2.05) is 43.3 Å². The van der Waals surface area contributed by atoms with E-state index in [1.165, 1.54) is 10.4 Å². The lowest BCUT2D eigenvalue weighted by atomic mass is 10.2. The van der Waals surface area contributed by atoms with Gasteiger partial charge in [0.25, 0.3) is 18.4 Å². The monoisotopic (exact) mass is 406 g/mol. The Morgan fingerprint density at radius 2 is 1.37 bits per heavy atom. The van der Waals surface area contributed by atoms with Gasteiger partial charge in [-0.25, -0.2) is 0 Å². The van der Waals surface area contributed by atoms with Gasteiger partial charge in [0.05, 0.1) is 12.9 Å². The molecule has 2 rings (SSSR count). The highest BCUT2D eigenvalue weighted by molar-refractivity contribution is 7.85. The Labute approximate surface area is 164 Å². The summed E-state index contributed by atoms with van der Waals surface area (Å²) in [4.78, 5) is 0. The normalized spacial score (nSPS) is 14.1. The molecule has 2 aromatic carbocycles. The van der Waals surface area contributed by atoms with E-state index in [1.54, 1.807) is 0 Å². The second kappa shape index (κ2) is 8.69. The molecule has 4 nitrogen and oxygen atoms in total. The number of rotatable bonds is 8. The molecule has 0 radical (unpaired) electrons. The minimum atomic E-state index is -3.44. The van der Waals surface area contributed by atoms with Crippen molar-refractivity contribution in [1.82, 2.24) is 0 Å². The van der Waals surface area contributed by atoms with Crippen LogP contribution in [-0.2, 0) is 18.7 Å². The summed E-state index contributed by atoms with van der Waals surface area (Å²) in [7, 11) is -6.05. The molecule has 0 aliphatic carbocycles. The van der Waals surface area contributed by atoms with Crippen molar-refractivity contribution in [3.05, 3.63) is 60.7 Å². The van der Waals surface area contributed by atoms with Gasteiger partial charge in [-0.15, -0.1) is 0 Å². The lowest BCUT2D eigenvalue weighted by Crippen LogP contribution is -2.67. The van der Waals surface area contributed by atoms with Gasteiger partial charge < -0.3 is 4.43 Å². The summed E-state index contributed by atoms with van der Waals surface area (Å²) in [5.74, 6) is 0. The highest BCUT2D eigenvalue weighted by Crippen LogP contribution is 2.37. The summed E-state index contributed by atoms with van der Waals surface area (Å²) in [5, 5.41) is 2.31. The Bertz CT molecular complexity index is 775. The van der Waals surface area contributed by atoms with Gasteiger partial charge in [0, 0.05) is 6.10 Å². The predicted molar refractivity (Wildman–Crippen MR) is 114 cm³/mol. The highest BCUT2D eigenvalue weighted by atomic mass is 32.2. The van der Waals surface area contributed by atoms with Crippen LogP contribution in [0, 0.1) is 0 Å². The molecule has 1 unspecified atom stereocenters. The van der Waals surface area contributed by atoms with Gasteiger partial charge in [-0.2, -0.15) is 8.42 Å². The van der Waals surface area contributed by atoms with Crippen LogP contribution in [0.25, 0.3) is 0 Å². The molecule has 0 heterocycles. The molecule has 0 N–H and O–H groups in total. The molecule has 0 saturated heterocycles. The molecule has 6 heteroatoms. The van der Waals surface area contributed by atoms with E-state index in [2.05, 4.69) is 45.0 Å². The highest BCUT2D eigenvalue weighted by Gasteiger charge is 2.50. The van der Waals surface area contributed by atoms with Crippen LogP contribution in [0.2, 0.25) is 5.04 Å². The van der Waals surface area contributed by atoms with Crippen LogP contribution in [0.5, 0.6) is 0 Å². The van der Waals surface area contributed by atoms with Gasteiger partial charge in [-0.3, -0.25) is 4.18 Å². The maximum Gasteiger partial charge on any atom is 0.264 e. The van der Waals surface area contributed by atoms with E-state index in [-0.39, 0.29) is 17.7 Å². The van der Waals surface area contributed by atoms with E-state index in [0.717, 1.165) is 6.26 Å². The molecule has 1 atom stereocenters. The van der Waals surface area contributed by atoms with Crippen LogP contribution in [0.15, 0.2) is 60.7 Å². The fourth-order valence-electron chi connectivity index (χ4n) is 3.42. The van der Waals surface area contributed by atoms with Crippen LogP contribution in [0.1, 0.15) is 34.1 Å². The maximum atomic E-state index is 11.2. The zero-order chi connectivity index (χ0) is 20.1. The van der Waals surface area contributed by atoms with Crippen molar-refractivity contribution in [2.75, 3.05) is 12.9 Å². The molecular weight excluding hydrogens is 376 g/mol. The molecule has 0 aliphatic heterocycles. The van der Waals surface area contributed by atoms with Crippen molar-refractivity contribution < 1.29 is 17.0 Å². The molecule has 2 aromatic rings. The predicted octanol–water partition coefficient (Wildman–Crippen LogP) is 3.32. The summed E-state index contributed by atoms with van der Waals surface area (Å²) >= 11 is 0. The molecule has 0 bridgehead atoms. The minimum Gasteiger partial charge on any atom is -0.405 e. The van der Waals surface area contributed by atoms with Crippen molar-refractivity contribution >= 4 is 28.8 Å². The zero-order valence-corrected chi connectivity index (χ0v) is 18.6. The third kappa shape index (κ3) is 5.51. The van der Waals surface area contributed by atoms with Gasteiger partial charge >= 0.3 is 0 Å². The molecule has 148 valence electrons. The average molecular weight is 407 g/mol. The SMILES string of the molecule is CC(CCOS(C)(=O)=O)O[Si](c1ccccc1)(c1ccccc1)C(C)(C)C.